The van der Waals surface area contributed by atoms with Gasteiger partial charge >= 0.3 is 6.09 Å². The molecule has 0 radical (unpaired) electrons. The number of nitro benzene ring substituents is 1. The zero-order valence-corrected chi connectivity index (χ0v) is 42.5. The number of anilines is 1. The Kier molecular flexibility index (Phi) is 21.4. The molecule has 0 aliphatic carbocycles. The van der Waals surface area contributed by atoms with Crippen LogP contribution in [0.2, 0.25) is 0 Å². The molecular formula is C49H73N7O11S2. The van der Waals surface area contributed by atoms with Crippen LogP contribution in [0.4, 0.5) is 16.2 Å². The second kappa shape index (κ2) is 25.9. The van der Waals surface area contributed by atoms with Gasteiger partial charge in [-0.05, 0) is 91.6 Å². The van der Waals surface area contributed by atoms with Crippen molar-refractivity contribution >= 4 is 37.5 Å². The Labute approximate surface area is 408 Å². The highest BCUT2D eigenvalue weighted by atomic mass is 32.2. The molecule has 2 aliphatic rings. The second-order valence-electron chi connectivity index (χ2n) is 19.9. The maximum atomic E-state index is 14.0. The normalized spacial score (nSPS) is 18.3. The average Bonchev–Trinajstić information content (AvgIpc) is 3.91. The van der Waals surface area contributed by atoms with Crippen LogP contribution >= 0.6 is 0 Å². The number of ether oxygens (including phenoxy) is 3. The molecule has 5 rings (SSSR count). The zero-order chi connectivity index (χ0) is 51.0. The Hall–Kier alpha value is -4.72. The Morgan fingerprint density at radius 3 is 2.12 bits per heavy atom. The first-order chi connectivity index (χ1) is 32.5. The standard InChI is InChI=1S/C31H40N4O9S.C18H33N3O2S/c1-31(2,14-6-7-15-32)21-34(45(40,41)24-12-8-11-23(18-24)35(38)39)19-27(36)26(17-22-9-4-3-5-10-22)33-30(37)44-28-20-43-29-25(28)13-16-42-29;1-15(2)13-21(14-18(3,4)10-5-6-11-19)24(22,23)17-9-7-8-16(20)12-17/h3-5,8-12,18,25-29,36H,6-7,13-14,16-17,19-21H2,1-2H3,(H,33,37);7-9,12,15H,5-6,10-11,13-14,19-20H2,1-4H3/t25?,26-,27?,28?,29?;/m0./s1. The van der Waals surface area contributed by atoms with E-state index in [1.165, 1.54) is 24.3 Å². The van der Waals surface area contributed by atoms with Gasteiger partial charge in [-0.1, -0.05) is 90.4 Å². The van der Waals surface area contributed by atoms with E-state index in [2.05, 4.69) is 25.2 Å². The fraction of sp³-hybridized carbons (Fsp3) is 0.592. The van der Waals surface area contributed by atoms with Gasteiger partial charge in [0, 0.05) is 50.4 Å². The van der Waals surface area contributed by atoms with E-state index in [1.54, 1.807) is 22.5 Å². The third-order valence-electron chi connectivity index (χ3n) is 12.1. The number of sulfonamides is 2. The summed E-state index contributed by atoms with van der Waals surface area (Å²) < 4.78 is 73.6. The Balaban J connectivity index is 0.000000365. The number of alkyl carbamates (subject to hydrolysis) is 1. The predicted molar refractivity (Wildman–Crippen MR) is 263 cm³/mol. The molecule has 4 unspecified atom stereocenters. The molecule has 0 aromatic heterocycles. The molecule has 382 valence electrons. The molecule has 0 spiro atoms. The number of nitrogens with one attached hydrogen (secondary N) is 1. The SMILES string of the molecule is CC(C)(CCCC#N)CN(CC(O)[C@H](Cc1ccccc1)NC(=O)OC1COC2OCCC12)S(=O)(=O)c1cccc([N+](=O)[O-])c1.CC(C)CN(CC(C)(C)CCCCN)S(=O)(=O)c1cccc(N)c1. The van der Waals surface area contributed by atoms with Crippen molar-refractivity contribution in [3.63, 3.8) is 0 Å². The van der Waals surface area contributed by atoms with Crippen LogP contribution in [0.15, 0.2) is 88.7 Å². The molecule has 3 aromatic rings. The number of carbonyl (C=O) groups is 1. The fourth-order valence-electron chi connectivity index (χ4n) is 8.50. The molecule has 2 saturated heterocycles. The van der Waals surface area contributed by atoms with Crippen molar-refractivity contribution in [1.82, 2.24) is 13.9 Å². The van der Waals surface area contributed by atoms with Gasteiger partial charge < -0.3 is 36.1 Å². The molecule has 3 aromatic carbocycles. The van der Waals surface area contributed by atoms with Gasteiger partial charge in [0.2, 0.25) is 20.0 Å². The van der Waals surface area contributed by atoms with Crippen molar-refractivity contribution in [2.24, 2.45) is 28.4 Å². The fourth-order valence-corrected chi connectivity index (χ4v) is 12.0. The van der Waals surface area contributed by atoms with Crippen LogP contribution < -0.4 is 16.8 Å². The van der Waals surface area contributed by atoms with Gasteiger partial charge in [-0.3, -0.25) is 10.1 Å². The summed E-state index contributed by atoms with van der Waals surface area (Å²) >= 11 is 0. The molecule has 1 amide bonds. The number of aliphatic hydroxyl groups excluding tert-OH is 1. The summed E-state index contributed by atoms with van der Waals surface area (Å²) in [7, 11) is -7.90. The number of nitrogen functional groups attached to an aromatic ring is 1. The van der Waals surface area contributed by atoms with Gasteiger partial charge in [-0.15, -0.1) is 0 Å². The maximum absolute atomic E-state index is 14.0. The highest BCUT2D eigenvalue weighted by molar-refractivity contribution is 7.89. The third-order valence-corrected chi connectivity index (χ3v) is 15.7. The number of nitrogens with zero attached hydrogens (tertiary/aromatic N) is 4. The Morgan fingerprint density at radius 1 is 0.913 bits per heavy atom. The molecule has 69 heavy (non-hydrogen) atoms. The summed E-state index contributed by atoms with van der Waals surface area (Å²) in [6.07, 6.45) is 2.03. The molecule has 0 bridgehead atoms. The average molecular weight is 1000 g/mol. The highest BCUT2D eigenvalue weighted by Crippen LogP contribution is 2.34. The highest BCUT2D eigenvalue weighted by Gasteiger charge is 2.44. The minimum absolute atomic E-state index is 0.0501. The first-order valence-electron chi connectivity index (χ1n) is 23.6. The number of rotatable bonds is 25. The largest absolute Gasteiger partial charge is 0.443 e. The zero-order valence-electron chi connectivity index (χ0n) is 40.9. The molecule has 0 saturated carbocycles. The van der Waals surface area contributed by atoms with Crippen LogP contribution in [0.5, 0.6) is 0 Å². The van der Waals surface area contributed by atoms with Gasteiger partial charge in [0.05, 0.1) is 52.1 Å². The van der Waals surface area contributed by atoms with E-state index in [0.717, 1.165) is 35.2 Å². The molecule has 5 atom stereocenters. The quantitative estimate of drug-likeness (QED) is 0.0293. The molecular weight excluding hydrogens is 927 g/mol. The van der Waals surface area contributed by atoms with E-state index < -0.39 is 67.6 Å². The van der Waals surface area contributed by atoms with Crippen LogP contribution in [0.25, 0.3) is 0 Å². The first-order valence-corrected chi connectivity index (χ1v) is 26.5. The third kappa shape index (κ3) is 17.6. The molecule has 2 aliphatic heterocycles. The number of amides is 1. The smallest absolute Gasteiger partial charge is 0.407 e. The van der Waals surface area contributed by atoms with Crippen molar-refractivity contribution < 1.29 is 45.9 Å². The molecule has 18 nitrogen and oxygen atoms in total. The number of hydrogen-bond donors (Lipinski definition) is 4. The van der Waals surface area contributed by atoms with E-state index in [1.807, 2.05) is 58.0 Å². The van der Waals surface area contributed by atoms with Gasteiger partial charge in [-0.25, -0.2) is 21.6 Å². The van der Waals surface area contributed by atoms with Crippen molar-refractivity contribution in [3.05, 3.63) is 94.5 Å². The topological polar surface area (TPSA) is 271 Å². The number of unbranched alkanes of at least 4 members (excludes halogenated alkanes) is 2. The van der Waals surface area contributed by atoms with Crippen LogP contribution in [-0.4, -0.2) is 112 Å². The van der Waals surface area contributed by atoms with Crippen LogP contribution in [-0.2, 0) is 40.7 Å². The van der Waals surface area contributed by atoms with Crippen LogP contribution in [0.1, 0.15) is 92.1 Å². The van der Waals surface area contributed by atoms with E-state index in [4.69, 9.17) is 30.9 Å². The number of carbonyl (C=O) groups excluding carboxylic acids is 1. The van der Waals surface area contributed by atoms with Crippen LogP contribution in [0.3, 0.4) is 0 Å². The number of hydrogen-bond acceptors (Lipinski definition) is 14. The summed E-state index contributed by atoms with van der Waals surface area (Å²) in [6, 6.07) is 21.5. The van der Waals surface area contributed by atoms with Crippen LogP contribution in [0, 0.1) is 44.1 Å². The summed E-state index contributed by atoms with van der Waals surface area (Å²) in [5, 5.41) is 34.8. The van der Waals surface area contributed by atoms with E-state index in [9.17, 15) is 36.9 Å². The van der Waals surface area contributed by atoms with E-state index in [0.29, 0.717) is 57.6 Å². The number of fused-ring (bicyclic) bond motifs is 1. The van der Waals surface area contributed by atoms with Crippen molar-refractivity contribution in [3.8, 4) is 6.07 Å². The molecule has 2 heterocycles. The Morgan fingerprint density at radius 2 is 1.52 bits per heavy atom. The lowest BCUT2D eigenvalue weighted by Crippen LogP contribution is -2.52. The Bertz CT molecular complexity index is 2380. The second-order valence-corrected chi connectivity index (χ2v) is 23.8. The minimum Gasteiger partial charge on any atom is -0.443 e. The summed E-state index contributed by atoms with van der Waals surface area (Å²) in [5.74, 6) is 0.160. The predicted octanol–water partition coefficient (Wildman–Crippen LogP) is 6.84. The lowest BCUT2D eigenvalue weighted by Gasteiger charge is -2.35. The number of nitrogens with two attached hydrogens (primary N) is 2. The lowest BCUT2D eigenvalue weighted by atomic mass is 9.87. The lowest BCUT2D eigenvalue weighted by molar-refractivity contribution is -0.385. The number of nitro groups is 1. The minimum atomic E-state index is -4.35. The van der Waals surface area contributed by atoms with E-state index in [-0.39, 0.29) is 52.3 Å². The van der Waals surface area contributed by atoms with Gasteiger partial charge in [0.15, 0.2) is 6.29 Å². The summed E-state index contributed by atoms with van der Waals surface area (Å²) in [4.78, 5) is 23.8. The number of benzene rings is 3. The summed E-state index contributed by atoms with van der Waals surface area (Å²) in [5.41, 5.74) is 11.5. The molecule has 2 fully saturated rings. The van der Waals surface area contributed by atoms with Crippen molar-refractivity contribution in [2.75, 3.05) is 51.7 Å². The van der Waals surface area contributed by atoms with Gasteiger partial charge in [0.1, 0.15) is 6.10 Å². The number of nitriles is 1. The maximum Gasteiger partial charge on any atom is 0.407 e. The number of aliphatic hydroxyl groups is 1. The molecule has 20 heteroatoms. The summed E-state index contributed by atoms with van der Waals surface area (Å²) in [6.45, 7) is 13.9. The van der Waals surface area contributed by atoms with E-state index >= 15 is 0 Å². The monoisotopic (exact) mass is 999 g/mol. The van der Waals surface area contributed by atoms with Crippen molar-refractivity contribution in [2.45, 2.75) is 127 Å². The van der Waals surface area contributed by atoms with Crippen molar-refractivity contribution in [1.29, 1.82) is 5.26 Å². The first kappa shape index (κ1) is 56.9. The van der Waals surface area contributed by atoms with Gasteiger partial charge in [0.25, 0.3) is 5.69 Å². The number of non-ortho nitro benzene ring substituents is 1. The molecule has 6 N–H and O–H groups in total. The van der Waals surface area contributed by atoms with Gasteiger partial charge in [-0.2, -0.15) is 13.9 Å².